The summed E-state index contributed by atoms with van der Waals surface area (Å²) >= 11 is 1.77. The Hall–Kier alpha value is -0.960. The van der Waals surface area contributed by atoms with Crippen molar-refractivity contribution in [3.63, 3.8) is 0 Å². The molecule has 2 unspecified atom stereocenters. The third-order valence-electron chi connectivity index (χ3n) is 3.97. The predicted molar refractivity (Wildman–Crippen MR) is 84.3 cm³/mol. The van der Waals surface area contributed by atoms with Gasteiger partial charge in [0.05, 0.1) is 8.49 Å². The van der Waals surface area contributed by atoms with E-state index in [0.717, 1.165) is 6.42 Å². The van der Waals surface area contributed by atoms with Gasteiger partial charge in [-0.05, 0) is 47.4 Å². The van der Waals surface area contributed by atoms with Crippen molar-refractivity contribution < 1.29 is 9.31 Å². The monoisotopic (exact) mass is 393 g/mol. The summed E-state index contributed by atoms with van der Waals surface area (Å²) < 4.78 is 14.0. The third-order valence-corrected chi connectivity index (χ3v) is 4.80. The van der Waals surface area contributed by atoms with Crippen molar-refractivity contribution in [3.05, 3.63) is 31.6 Å². The molecule has 110 valence electrons. The second-order valence-corrected chi connectivity index (χ2v) is 6.38. The molecule has 0 bridgehead atoms. The smallest absolute Gasteiger partial charge is 0.293 e. The van der Waals surface area contributed by atoms with Crippen molar-refractivity contribution in [2.45, 2.75) is 13.3 Å². The van der Waals surface area contributed by atoms with Gasteiger partial charge < -0.3 is 10.6 Å². The van der Waals surface area contributed by atoms with E-state index in [1.54, 1.807) is 22.6 Å². The average molecular weight is 393 g/mol. The van der Waals surface area contributed by atoms with Gasteiger partial charge in [0.25, 0.3) is 5.69 Å². The lowest BCUT2D eigenvalue weighted by molar-refractivity contribution is -0.384. The Labute approximate surface area is 130 Å². The number of nitrogens with zero attached hydrogens (tertiary/aromatic N) is 2. The van der Waals surface area contributed by atoms with Crippen molar-refractivity contribution in [1.29, 1.82) is 0 Å². The number of hydrogen-bond acceptors (Lipinski definition) is 4. The van der Waals surface area contributed by atoms with Gasteiger partial charge in [-0.2, -0.15) is 0 Å². The number of nitro benzene ring substituents is 1. The van der Waals surface area contributed by atoms with Gasteiger partial charge in [-0.3, -0.25) is 10.1 Å². The SMILES string of the molecule is CC1CCN(c2cc(F)c(I)cc2[N+](=O)[O-])CC1CN. The van der Waals surface area contributed by atoms with Crippen molar-refractivity contribution in [3.8, 4) is 0 Å². The minimum Gasteiger partial charge on any atom is -0.366 e. The van der Waals surface area contributed by atoms with Crippen LogP contribution in [0.4, 0.5) is 15.8 Å². The molecule has 0 amide bonds. The number of benzene rings is 1. The molecule has 20 heavy (non-hydrogen) atoms. The van der Waals surface area contributed by atoms with E-state index in [1.807, 2.05) is 4.90 Å². The normalized spacial score (nSPS) is 22.9. The standard InChI is InChI=1S/C13H17FIN3O2/c1-8-2-3-17(7-9(8)6-16)12-4-10(14)11(15)5-13(12)18(19)20/h4-5,8-9H,2-3,6-7,16H2,1H3. The molecule has 1 aliphatic heterocycles. The van der Waals surface area contributed by atoms with E-state index in [-0.39, 0.29) is 15.2 Å². The molecule has 2 rings (SSSR count). The van der Waals surface area contributed by atoms with Crippen molar-refractivity contribution in [1.82, 2.24) is 0 Å². The Balaban J connectivity index is 2.36. The maximum atomic E-state index is 13.8. The highest BCUT2D eigenvalue weighted by Gasteiger charge is 2.29. The minimum atomic E-state index is -0.452. The van der Waals surface area contributed by atoms with Crippen molar-refractivity contribution in [2.75, 3.05) is 24.5 Å². The Morgan fingerprint density at radius 3 is 2.90 bits per heavy atom. The fraction of sp³-hybridized carbons (Fsp3) is 0.538. The number of rotatable bonds is 3. The molecule has 1 aliphatic rings. The zero-order chi connectivity index (χ0) is 14.9. The van der Waals surface area contributed by atoms with Crippen LogP contribution >= 0.6 is 22.6 Å². The van der Waals surface area contributed by atoms with Crippen LogP contribution in [-0.2, 0) is 0 Å². The number of halogens is 2. The summed E-state index contributed by atoms with van der Waals surface area (Å²) in [4.78, 5) is 12.6. The van der Waals surface area contributed by atoms with Crippen molar-refractivity contribution in [2.24, 2.45) is 17.6 Å². The van der Waals surface area contributed by atoms with Crippen LogP contribution < -0.4 is 10.6 Å². The second kappa shape index (κ2) is 6.21. The van der Waals surface area contributed by atoms with Crippen LogP contribution in [0.3, 0.4) is 0 Å². The molecular formula is C13H17FIN3O2. The molecule has 0 radical (unpaired) electrons. The van der Waals surface area contributed by atoms with E-state index in [4.69, 9.17) is 5.73 Å². The molecule has 0 aliphatic carbocycles. The molecule has 7 heteroatoms. The second-order valence-electron chi connectivity index (χ2n) is 5.22. The first-order valence-corrected chi connectivity index (χ1v) is 7.60. The Bertz CT molecular complexity index is 527. The highest BCUT2D eigenvalue weighted by molar-refractivity contribution is 14.1. The maximum absolute atomic E-state index is 13.8. The summed E-state index contributed by atoms with van der Waals surface area (Å²) in [6.45, 7) is 4.01. The highest BCUT2D eigenvalue weighted by atomic mass is 127. The summed E-state index contributed by atoms with van der Waals surface area (Å²) in [5, 5.41) is 11.2. The molecule has 1 fully saturated rings. The van der Waals surface area contributed by atoms with Crippen LogP contribution in [0, 0.1) is 31.3 Å². The number of nitro groups is 1. The van der Waals surface area contributed by atoms with Crippen LogP contribution in [0.2, 0.25) is 0 Å². The summed E-state index contributed by atoms with van der Waals surface area (Å²) in [6, 6.07) is 2.56. The van der Waals surface area contributed by atoms with E-state index in [0.29, 0.717) is 31.2 Å². The number of anilines is 1. The molecule has 1 aromatic rings. The van der Waals surface area contributed by atoms with Gasteiger partial charge in [-0.1, -0.05) is 6.92 Å². The van der Waals surface area contributed by atoms with Crippen LogP contribution in [0.1, 0.15) is 13.3 Å². The average Bonchev–Trinajstić information content (AvgIpc) is 2.41. The van der Waals surface area contributed by atoms with E-state index in [9.17, 15) is 14.5 Å². The predicted octanol–water partition coefficient (Wildman–Crippen LogP) is 2.76. The number of hydrogen-bond donors (Lipinski definition) is 1. The van der Waals surface area contributed by atoms with Crippen molar-refractivity contribution >= 4 is 34.0 Å². The topological polar surface area (TPSA) is 72.4 Å². The maximum Gasteiger partial charge on any atom is 0.293 e. The zero-order valence-corrected chi connectivity index (χ0v) is 13.3. The molecule has 2 N–H and O–H groups in total. The van der Waals surface area contributed by atoms with Gasteiger partial charge in [-0.25, -0.2) is 4.39 Å². The van der Waals surface area contributed by atoms with Gasteiger partial charge in [-0.15, -0.1) is 0 Å². The quantitative estimate of drug-likeness (QED) is 0.487. The molecule has 1 saturated heterocycles. The Kier molecular flexibility index (Phi) is 4.79. The number of nitrogens with two attached hydrogens (primary N) is 1. The third kappa shape index (κ3) is 3.03. The van der Waals surface area contributed by atoms with Gasteiger partial charge in [0.1, 0.15) is 11.5 Å². The summed E-state index contributed by atoms with van der Waals surface area (Å²) in [5.74, 6) is 0.351. The first kappa shape index (κ1) is 15.4. The molecule has 0 spiro atoms. The van der Waals surface area contributed by atoms with E-state index >= 15 is 0 Å². The van der Waals surface area contributed by atoms with Crippen LogP contribution in [-0.4, -0.2) is 24.6 Å². The summed E-state index contributed by atoms with van der Waals surface area (Å²) in [5.41, 5.74) is 6.07. The van der Waals surface area contributed by atoms with Crippen LogP contribution in [0.5, 0.6) is 0 Å². The lowest BCUT2D eigenvalue weighted by Gasteiger charge is -2.37. The zero-order valence-electron chi connectivity index (χ0n) is 11.2. The summed E-state index contributed by atoms with van der Waals surface area (Å²) in [6.07, 6.45) is 0.909. The van der Waals surface area contributed by atoms with E-state index in [1.165, 1.54) is 12.1 Å². The molecule has 0 aromatic heterocycles. The van der Waals surface area contributed by atoms with Gasteiger partial charge in [0, 0.05) is 25.2 Å². The fourth-order valence-corrected chi connectivity index (χ4v) is 3.05. The minimum absolute atomic E-state index is 0.0406. The van der Waals surface area contributed by atoms with Gasteiger partial charge in [0.2, 0.25) is 0 Å². The molecule has 1 heterocycles. The lowest BCUT2D eigenvalue weighted by atomic mass is 9.87. The molecule has 5 nitrogen and oxygen atoms in total. The summed E-state index contributed by atoms with van der Waals surface area (Å²) in [7, 11) is 0. The first-order chi connectivity index (χ1) is 9.43. The number of piperidine rings is 1. The fourth-order valence-electron chi connectivity index (χ4n) is 2.60. The molecule has 2 atom stereocenters. The molecule has 1 aromatic carbocycles. The highest BCUT2D eigenvalue weighted by Crippen LogP contribution is 2.35. The Morgan fingerprint density at radius 2 is 2.30 bits per heavy atom. The molecule has 0 saturated carbocycles. The van der Waals surface area contributed by atoms with Gasteiger partial charge in [0.15, 0.2) is 0 Å². The molecular weight excluding hydrogens is 376 g/mol. The largest absolute Gasteiger partial charge is 0.366 e. The van der Waals surface area contributed by atoms with Crippen LogP contribution in [0.15, 0.2) is 12.1 Å². The Morgan fingerprint density at radius 1 is 1.60 bits per heavy atom. The van der Waals surface area contributed by atoms with E-state index in [2.05, 4.69) is 6.92 Å². The van der Waals surface area contributed by atoms with E-state index < -0.39 is 10.7 Å². The first-order valence-electron chi connectivity index (χ1n) is 6.52. The van der Waals surface area contributed by atoms with Gasteiger partial charge >= 0.3 is 0 Å². The lowest BCUT2D eigenvalue weighted by Crippen LogP contribution is -2.43. The van der Waals surface area contributed by atoms with Crippen LogP contribution in [0.25, 0.3) is 0 Å².